The lowest BCUT2D eigenvalue weighted by atomic mass is 10.1. The molecule has 0 aromatic heterocycles. The molecule has 0 unspecified atom stereocenters. The molecule has 0 spiro atoms. The van der Waals surface area contributed by atoms with Gasteiger partial charge in [-0.05, 0) is 44.0 Å². The molecule has 2 rings (SSSR count). The molecular formula is C17H19NO2. The largest absolute Gasteiger partial charge is 0.507 e. The fourth-order valence-electron chi connectivity index (χ4n) is 2.27. The zero-order chi connectivity index (χ0) is 14.7. The normalized spacial score (nSPS) is 10.3. The number of aromatic hydroxyl groups is 1. The zero-order valence-electron chi connectivity index (χ0n) is 12.1. The number of phenols is 1. The Bertz CT molecular complexity index is 635. The van der Waals surface area contributed by atoms with Gasteiger partial charge in [0.15, 0.2) is 0 Å². The van der Waals surface area contributed by atoms with Gasteiger partial charge in [0.2, 0.25) is 0 Å². The smallest absolute Gasteiger partial charge is 0.262 e. The van der Waals surface area contributed by atoms with Gasteiger partial charge in [-0.3, -0.25) is 4.79 Å². The van der Waals surface area contributed by atoms with Gasteiger partial charge >= 0.3 is 0 Å². The predicted octanol–water partition coefficient (Wildman–Crippen LogP) is 3.68. The number of aryl methyl sites for hydroxylation is 2. The second-order valence-corrected chi connectivity index (χ2v) is 4.81. The van der Waals surface area contributed by atoms with Crippen molar-refractivity contribution >= 4 is 11.6 Å². The van der Waals surface area contributed by atoms with Gasteiger partial charge in [-0.15, -0.1) is 0 Å². The van der Waals surface area contributed by atoms with Crippen LogP contribution in [0.1, 0.15) is 28.4 Å². The molecule has 20 heavy (non-hydrogen) atoms. The first-order chi connectivity index (χ1) is 9.56. The number of rotatable bonds is 3. The summed E-state index contributed by atoms with van der Waals surface area (Å²) in [6, 6.07) is 13.0. The molecule has 0 aliphatic carbocycles. The van der Waals surface area contributed by atoms with Crippen LogP contribution in [0, 0.1) is 13.8 Å². The Hall–Kier alpha value is -2.29. The molecule has 2 aromatic rings. The van der Waals surface area contributed by atoms with Crippen LogP contribution in [0.25, 0.3) is 0 Å². The lowest BCUT2D eigenvalue weighted by molar-refractivity contribution is 0.0985. The Morgan fingerprint density at radius 1 is 1.05 bits per heavy atom. The number of phenolic OH excluding ortho intramolecular Hbond substituents is 1. The van der Waals surface area contributed by atoms with Crippen LogP contribution in [-0.4, -0.2) is 17.6 Å². The Kier molecular flexibility index (Phi) is 4.08. The van der Waals surface area contributed by atoms with Crippen molar-refractivity contribution in [2.24, 2.45) is 0 Å². The quantitative estimate of drug-likeness (QED) is 0.923. The second-order valence-electron chi connectivity index (χ2n) is 4.81. The van der Waals surface area contributed by atoms with Crippen molar-refractivity contribution in [1.82, 2.24) is 0 Å². The summed E-state index contributed by atoms with van der Waals surface area (Å²) in [5.41, 5.74) is 2.96. The van der Waals surface area contributed by atoms with Gasteiger partial charge in [-0.2, -0.15) is 0 Å². The average Bonchev–Trinajstić information content (AvgIpc) is 2.44. The monoisotopic (exact) mass is 269 g/mol. The standard InChI is InChI=1S/C17H19NO2/c1-4-18(15-11-6-5-8-12(15)2)17(20)14-10-7-9-13(3)16(14)19/h5-11,19H,4H2,1-3H3. The van der Waals surface area contributed by atoms with Crippen LogP contribution in [0.2, 0.25) is 0 Å². The van der Waals surface area contributed by atoms with Gasteiger partial charge in [0, 0.05) is 12.2 Å². The molecule has 1 amide bonds. The molecule has 0 heterocycles. The van der Waals surface area contributed by atoms with E-state index in [2.05, 4.69) is 0 Å². The Labute approximate surface area is 119 Å². The number of anilines is 1. The number of amides is 1. The highest BCUT2D eigenvalue weighted by Gasteiger charge is 2.20. The highest BCUT2D eigenvalue weighted by molar-refractivity contribution is 6.08. The lowest BCUT2D eigenvalue weighted by Crippen LogP contribution is -2.31. The summed E-state index contributed by atoms with van der Waals surface area (Å²) in [5, 5.41) is 10.1. The SMILES string of the molecule is CCN(C(=O)c1cccc(C)c1O)c1ccccc1C. The van der Waals surface area contributed by atoms with E-state index in [0.29, 0.717) is 17.7 Å². The number of carbonyl (C=O) groups excluding carboxylic acids is 1. The minimum atomic E-state index is -0.178. The van der Waals surface area contributed by atoms with Crippen LogP contribution in [0.15, 0.2) is 42.5 Å². The molecule has 0 aliphatic heterocycles. The summed E-state index contributed by atoms with van der Waals surface area (Å²) in [4.78, 5) is 14.4. The molecule has 0 aliphatic rings. The third-order valence-corrected chi connectivity index (χ3v) is 3.44. The average molecular weight is 269 g/mol. The fraction of sp³-hybridized carbons (Fsp3) is 0.235. The van der Waals surface area contributed by atoms with E-state index in [-0.39, 0.29) is 11.7 Å². The summed E-state index contributed by atoms with van der Waals surface area (Å²) < 4.78 is 0. The predicted molar refractivity (Wildman–Crippen MR) is 81.4 cm³/mol. The number of carbonyl (C=O) groups is 1. The van der Waals surface area contributed by atoms with Crippen molar-refractivity contribution in [2.75, 3.05) is 11.4 Å². The Morgan fingerprint density at radius 2 is 1.70 bits per heavy atom. The molecule has 0 saturated carbocycles. The van der Waals surface area contributed by atoms with E-state index in [1.54, 1.807) is 30.0 Å². The zero-order valence-corrected chi connectivity index (χ0v) is 12.1. The van der Waals surface area contributed by atoms with E-state index in [4.69, 9.17) is 0 Å². The van der Waals surface area contributed by atoms with E-state index < -0.39 is 0 Å². The fourth-order valence-corrected chi connectivity index (χ4v) is 2.27. The summed E-state index contributed by atoms with van der Waals surface area (Å²) in [6.07, 6.45) is 0. The maximum Gasteiger partial charge on any atom is 0.262 e. The van der Waals surface area contributed by atoms with E-state index in [1.165, 1.54) is 0 Å². The van der Waals surface area contributed by atoms with Crippen molar-refractivity contribution in [3.63, 3.8) is 0 Å². The van der Waals surface area contributed by atoms with Crippen LogP contribution in [0.5, 0.6) is 5.75 Å². The molecule has 1 N–H and O–H groups in total. The summed E-state index contributed by atoms with van der Waals surface area (Å²) >= 11 is 0. The molecule has 3 heteroatoms. The van der Waals surface area contributed by atoms with Crippen molar-refractivity contribution in [3.05, 3.63) is 59.2 Å². The van der Waals surface area contributed by atoms with Gasteiger partial charge in [0.1, 0.15) is 5.75 Å². The number of hydrogen-bond acceptors (Lipinski definition) is 2. The molecule has 2 aromatic carbocycles. The van der Waals surface area contributed by atoms with Crippen molar-refractivity contribution in [2.45, 2.75) is 20.8 Å². The maximum absolute atomic E-state index is 12.7. The molecule has 0 saturated heterocycles. The molecule has 0 fully saturated rings. The first-order valence-corrected chi connectivity index (χ1v) is 6.72. The van der Waals surface area contributed by atoms with Gasteiger partial charge in [0.25, 0.3) is 5.91 Å². The van der Waals surface area contributed by atoms with Gasteiger partial charge in [-0.1, -0.05) is 30.3 Å². The van der Waals surface area contributed by atoms with Crippen LogP contribution in [0.3, 0.4) is 0 Å². The van der Waals surface area contributed by atoms with Crippen molar-refractivity contribution < 1.29 is 9.90 Å². The first-order valence-electron chi connectivity index (χ1n) is 6.72. The molecule has 3 nitrogen and oxygen atoms in total. The summed E-state index contributed by atoms with van der Waals surface area (Å²) in [5.74, 6) is -0.118. The Balaban J connectivity index is 2.45. The molecule has 0 radical (unpaired) electrons. The number of benzene rings is 2. The summed E-state index contributed by atoms with van der Waals surface area (Å²) in [6.45, 7) is 6.24. The summed E-state index contributed by atoms with van der Waals surface area (Å²) in [7, 11) is 0. The minimum Gasteiger partial charge on any atom is -0.507 e. The van der Waals surface area contributed by atoms with E-state index in [0.717, 1.165) is 11.3 Å². The molecule has 104 valence electrons. The van der Waals surface area contributed by atoms with Gasteiger partial charge in [-0.25, -0.2) is 0 Å². The van der Waals surface area contributed by atoms with Crippen LogP contribution >= 0.6 is 0 Å². The van der Waals surface area contributed by atoms with Gasteiger partial charge < -0.3 is 10.0 Å². The maximum atomic E-state index is 12.7. The second kappa shape index (κ2) is 5.78. The third-order valence-electron chi connectivity index (χ3n) is 3.44. The Morgan fingerprint density at radius 3 is 2.35 bits per heavy atom. The minimum absolute atomic E-state index is 0.0598. The number of hydrogen-bond donors (Lipinski definition) is 1. The van der Waals surface area contributed by atoms with Crippen LogP contribution in [0.4, 0.5) is 5.69 Å². The van der Waals surface area contributed by atoms with Gasteiger partial charge in [0.05, 0.1) is 5.56 Å². The van der Waals surface area contributed by atoms with Crippen molar-refractivity contribution in [1.29, 1.82) is 0 Å². The molecular weight excluding hydrogens is 250 g/mol. The van der Waals surface area contributed by atoms with E-state index in [9.17, 15) is 9.90 Å². The van der Waals surface area contributed by atoms with E-state index >= 15 is 0 Å². The van der Waals surface area contributed by atoms with Crippen molar-refractivity contribution in [3.8, 4) is 5.75 Å². The highest BCUT2D eigenvalue weighted by Crippen LogP contribution is 2.26. The van der Waals surface area contributed by atoms with Crippen LogP contribution in [-0.2, 0) is 0 Å². The lowest BCUT2D eigenvalue weighted by Gasteiger charge is -2.23. The number of nitrogens with zero attached hydrogens (tertiary/aromatic N) is 1. The molecule has 0 atom stereocenters. The van der Waals surface area contributed by atoms with E-state index in [1.807, 2.05) is 38.1 Å². The van der Waals surface area contributed by atoms with Crippen LogP contribution < -0.4 is 4.90 Å². The first kappa shape index (κ1) is 14.1. The number of para-hydroxylation sites is 2. The topological polar surface area (TPSA) is 40.5 Å². The molecule has 0 bridgehead atoms. The third kappa shape index (κ3) is 2.52. The highest BCUT2D eigenvalue weighted by atomic mass is 16.3.